The molecule has 2 rings (SSSR count). The molecule has 0 atom stereocenters. The quantitative estimate of drug-likeness (QED) is 0.375. The number of fused-ring (bicyclic) bond motifs is 1. The molecule has 0 N–H and O–H groups in total. The number of halogens is 3. The van der Waals surface area contributed by atoms with Crippen LogP contribution < -0.4 is 9.48 Å². The third-order valence-corrected chi connectivity index (χ3v) is 5.17. The normalized spacial score (nSPS) is 11.6. The smallest absolute Gasteiger partial charge is 0.393 e. The Morgan fingerprint density at radius 3 is 2.52 bits per heavy atom. The van der Waals surface area contributed by atoms with E-state index < -0.39 is 17.3 Å². The summed E-state index contributed by atoms with van der Waals surface area (Å²) in [6.45, 7) is 6.16. The minimum absolute atomic E-state index is 0.196. The van der Waals surface area contributed by atoms with Crippen LogP contribution in [-0.4, -0.2) is 19.4 Å². The van der Waals surface area contributed by atoms with Crippen LogP contribution in [0.3, 0.4) is 0 Å². The first-order valence-corrected chi connectivity index (χ1v) is 9.62. The molecule has 0 aliphatic rings. The Morgan fingerprint density at radius 1 is 1.15 bits per heavy atom. The summed E-state index contributed by atoms with van der Waals surface area (Å²) >= 11 is 0.835. The van der Waals surface area contributed by atoms with E-state index in [1.807, 2.05) is 0 Å². The highest BCUT2D eigenvalue weighted by Crippen LogP contribution is 2.33. The lowest BCUT2D eigenvalue weighted by molar-refractivity contribution is -0.127. The molecule has 1 aromatic carbocycles. The van der Waals surface area contributed by atoms with Crippen LogP contribution in [0, 0.1) is 6.92 Å². The average Bonchev–Trinajstić information content (AvgIpc) is 2.60. The average molecular weight is 400 g/mol. The van der Waals surface area contributed by atoms with Crippen molar-refractivity contribution in [1.82, 2.24) is 0 Å². The summed E-state index contributed by atoms with van der Waals surface area (Å²) in [5, 5.41) is 0.598. The van der Waals surface area contributed by atoms with Crippen molar-refractivity contribution in [3.63, 3.8) is 0 Å². The van der Waals surface area contributed by atoms with Gasteiger partial charge in [-0.2, -0.15) is 13.2 Å². The second kappa shape index (κ2) is 9.78. The highest BCUT2D eigenvalue weighted by atomic mass is 32.1. The molecule has 0 fully saturated rings. The third kappa shape index (κ3) is 6.27. The number of rotatable bonds is 10. The summed E-state index contributed by atoms with van der Waals surface area (Å²) in [5.74, 6) is 0.527. The molecule has 0 saturated heterocycles. The first kappa shape index (κ1) is 21.3. The Labute approximate surface area is 160 Å². The van der Waals surface area contributed by atoms with E-state index >= 15 is 0 Å². The highest BCUT2D eigenvalue weighted by molar-refractivity contribution is 7.16. The van der Waals surface area contributed by atoms with Crippen molar-refractivity contribution in [2.45, 2.75) is 45.2 Å². The van der Waals surface area contributed by atoms with Crippen LogP contribution in [0.1, 0.15) is 36.8 Å². The zero-order valence-electron chi connectivity index (χ0n) is 15.2. The molecule has 0 bridgehead atoms. The number of hydrogen-bond acceptors (Lipinski definition) is 4. The van der Waals surface area contributed by atoms with Crippen molar-refractivity contribution in [2.75, 3.05) is 13.2 Å². The zero-order chi connectivity index (χ0) is 19.9. The van der Waals surface area contributed by atoms with E-state index in [2.05, 4.69) is 6.58 Å². The molecule has 0 aliphatic carbocycles. The van der Waals surface area contributed by atoms with Gasteiger partial charge in [-0.1, -0.05) is 24.0 Å². The molecule has 27 heavy (non-hydrogen) atoms. The number of benzene rings is 1. The lowest BCUT2D eigenvalue weighted by Gasteiger charge is -2.14. The van der Waals surface area contributed by atoms with Gasteiger partial charge in [0.15, 0.2) is 0 Å². The van der Waals surface area contributed by atoms with Gasteiger partial charge in [0, 0.05) is 15.6 Å². The molecule has 0 radical (unpaired) electrons. The lowest BCUT2D eigenvalue weighted by Crippen LogP contribution is -2.19. The maximum atomic E-state index is 12.8. The molecular formula is C20H23F3O3S. The van der Waals surface area contributed by atoms with Crippen LogP contribution in [0.2, 0.25) is 0 Å². The molecule has 0 aliphatic heterocycles. The molecule has 0 unspecified atom stereocenters. The number of aryl methyl sites for hydroxylation is 1. The molecule has 0 spiro atoms. The topological polar surface area (TPSA) is 35.5 Å². The molecule has 1 heterocycles. The first-order chi connectivity index (χ1) is 12.8. The molecule has 2 aromatic rings. The fourth-order valence-corrected chi connectivity index (χ4v) is 3.91. The van der Waals surface area contributed by atoms with Gasteiger partial charge >= 0.3 is 6.18 Å². The molecule has 3 nitrogen and oxygen atoms in total. The fourth-order valence-electron chi connectivity index (χ4n) is 2.86. The van der Waals surface area contributed by atoms with Crippen molar-refractivity contribution < 1.29 is 22.6 Å². The predicted octanol–water partition coefficient (Wildman–Crippen LogP) is 5.77. The number of alkyl halides is 3. The zero-order valence-corrected chi connectivity index (χ0v) is 16.0. The Morgan fingerprint density at radius 2 is 1.85 bits per heavy atom. The van der Waals surface area contributed by atoms with Crippen molar-refractivity contribution in [3.05, 3.63) is 51.7 Å². The van der Waals surface area contributed by atoms with Gasteiger partial charge in [-0.3, -0.25) is 4.79 Å². The Balaban J connectivity index is 2.09. The van der Waals surface area contributed by atoms with Crippen molar-refractivity contribution >= 4 is 21.4 Å². The summed E-state index contributed by atoms with van der Waals surface area (Å²) in [5.41, 5.74) is 0.154. The summed E-state index contributed by atoms with van der Waals surface area (Å²) in [7, 11) is 0. The third-order valence-electron chi connectivity index (χ3n) is 4.17. The van der Waals surface area contributed by atoms with Gasteiger partial charge in [-0.25, -0.2) is 0 Å². The van der Waals surface area contributed by atoms with Gasteiger partial charge in [0.25, 0.3) is 0 Å². The molecule has 7 heteroatoms. The van der Waals surface area contributed by atoms with E-state index in [-0.39, 0.29) is 5.56 Å². The molecule has 1 aromatic heterocycles. The Bertz CT molecular complexity index is 828. The van der Waals surface area contributed by atoms with Crippen molar-refractivity contribution in [3.8, 4) is 5.75 Å². The van der Waals surface area contributed by atoms with Crippen LogP contribution in [0.15, 0.2) is 35.8 Å². The number of ether oxygens (including phenoxy) is 2. The Hall–Kier alpha value is -2.02. The van der Waals surface area contributed by atoms with Crippen LogP contribution in [0.5, 0.6) is 5.75 Å². The van der Waals surface area contributed by atoms with Gasteiger partial charge in [-0.05, 0) is 50.3 Å². The summed E-state index contributed by atoms with van der Waals surface area (Å²) < 4.78 is 49.4. The fraction of sp³-hybridized carbons (Fsp3) is 0.450. The van der Waals surface area contributed by atoms with Crippen LogP contribution in [-0.2, 0) is 11.2 Å². The van der Waals surface area contributed by atoms with Crippen LogP contribution >= 0.6 is 11.3 Å². The molecule has 0 amide bonds. The number of unbranched alkanes of at least 4 members (excludes halogenated alkanes) is 3. The van der Waals surface area contributed by atoms with Crippen LogP contribution in [0.25, 0.3) is 10.1 Å². The van der Waals surface area contributed by atoms with Gasteiger partial charge in [0.05, 0.1) is 25.9 Å². The monoisotopic (exact) mass is 400 g/mol. The molecular weight excluding hydrogens is 377 g/mol. The summed E-state index contributed by atoms with van der Waals surface area (Å²) in [6, 6.07) is 5.23. The van der Waals surface area contributed by atoms with Crippen molar-refractivity contribution in [1.29, 1.82) is 0 Å². The van der Waals surface area contributed by atoms with Crippen molar-refractivity contribution in [2.24, 2.45) is 0 Å². The summed E-state index contributed by atoms with van der Waals surface area (Å²) in [4.78, 5) is 12.1. The lowest BCUT2D eigenvalue weighted by atomic mass is 10.0. The predicted molar refractivity (Wildman–Crippen MR) is 103 cm³/mol. The largest absolute Gasteiger partial charge is 0.502 e. The van der Waals surface area contributed by atoms with E-state index in [4.69, 9.17) is 9.47 Å². The second-order valence-electron chi connectivity index (χ2n) is 6.21. The summed E-state index contributed by atoms with van der Waals surface area (Å²) in [6.07, 6.45) is -0.468. The first-order valence-electron chi connectivity index (χ1n) is 8.81. The second-order valence-corrected chi connectivity index (χ2v) is 7.23. The van der Waals surface area contributed by atoms with E-state index in [0.29, 0.717) is 34.6 Å². The van der Waals surface area contributed by atoms with E-state index in [1.165, 1.54) is 6.26 Å². The van der Waals surface area contributed by atoms with Gasteiger partial charge in [0.2, 0.25) is 4.74 Å². The van der Waals surface area contributed by atoms with E-state index in [9.17, 15) is 18.0 Å². The van der Waals surface area contributed by atoms with Gasteiger partial charge < -0.3 is 9.47 Å². The molecule has 148 valence electrons. The maximum Gasteiger partial charge on any atom is 0.393 e. The van der Waals surface area contributed by atoms with E-state index in [1.54, 1.807) is 25.1 Å². The minimum atomic E-state index is -4.42. The van der Waals surface area contributed by atoms with Gasteiger partial charge in [0.1, 0.15) is 5.75 Å². The maximum absolute atomic E-state index is 12.8. The minimum Gasteiger partial charge on any atom is -0.502 e. The molecule has 0 saturated carbocycles. The highest BCUT2D eigenvalue weighted by Gasteiger charge is 2.30. The van der Waals surface area contributed by atoms with Crippen LogP contribution in [0.4, 0.5) is 13.2 Å². The van der Waals surface area contributed by atoms with Gasteiger partial charge in [-0.15, -0.1) is 0 Å². The Kier molecular flexibility index (Phi) is 7.71. The van der Waals surface area contributed by atoms with E-state index in [0.717, 1.165) is 37.0 Å². The standard InChI is InChI=1S/C20H23F3O3S/c1-3-25-11-6-4-5-7-12-26-16-9-8-10-17-18(16)14(2)15(19(24)27-17)13-20(21,22)23/h3,8-10H,1,4-7,11-13H2,2H3. The number of hydrogen-bond donors (Lipinski definition) is 0. The SMILES string of the molecule is C=COCCCCCCOc1cccc2sc(=O)c(CC(F)(F)F)c(C)c12.